The van der Waals surface area contributed by atoms with Crippen LogP contribution in [0.4, 0.5) is 0 Å². The van der Waals surface area contributed by atoms with Crippen LogP contribution < -0.4 is 5.32 Å². The van der Waals surface area contributed by atoms with Crippen LogP contribution in [0.2, 0.25) is 0 Å². The highest BCUT2D eigenvalue weighted by Crippen LogP contribution is 2.32. The summed E-state index contributed by atoms with van der Waals surface area (Å²) in [5, 5.41) is 23.1. The Balaban J connectivity index is 2.78. The zero-order valence-corrected chi connectivity index (χ0v) is 12.2. The standard InChI is InChI=1S/C15H25NO3/c1-5-19-9-12(10(2)3)16-11(4)15-13(17)7-6-8-14(15)18/h6-8,10-12,16-18H,5,9H2,1-4H3. The van der Waals surface area contributed by atoms with Gasteiger partial charge in [-0.25, -0.2) is 0 Å². The van der Waals surface area contributed by atoms with Gasteiger partial charge in [0.2, 0.25) is 0 Å². The van der Waals surface area contributed by atoms with E-state index in [0.717, 1.165) is 0 Å². The third-order valence-corrected chi connectivity index (χ3v) is 3.26. The largest absolute Gasteiger partial charge is 0.507 e. The highest BCUT2D eigenvalue weighted by molar-refractivity contribution is 5.44. The van der Waals surface area contributed by atoms with Gasteiger partial charge < -0.3 is 20.3 Å². The number of hydrogen-bond donors (Lipinski definition) is 3. The average Bonchev–Trinajstić information content (AvgIpc) is 2.33. The first-order valence-corrected chi connectivity index (χ1v) is 6.82. The Morgan fingerprint density at radius 2 is 1.74 bits per heavy atom. The van der Waals surface area contributed by atoms with Crippen molar-refractivity contribution < 1.29 is 14.9 Å². The first-order valence-electron chi connectivity index (χ1n) is 6.82. The van der Waals surface area contributed by atoms with E-state index in [9.17, 15) is 10.2 Å². The van der Waals surface area contributed by atoms with Gasteiger partial charge in [0.15, 0.2) is 0 Å². The first kappa shape index (κ1) is 15.8. The second-order valence-corrected chi connectivity index (χ2v) is 5.11. The van der Waals surface area contributed by atoms with E-state index in [4.69, 9.17) is 4.74 Å². The van der Waals surface area contributed by atoms with Crippen LogP contribution in [0.25, 0.3) is 0 Å². The molecule has 1 rings (SSSR count). The van der Waals surface area contributed by atoms with Crippen molar-refractivity contribution in [2.45, 2.75) is 39.8 Å². The molecule has 0 aliphatic carbocycles. The van der Waals surface area contributed by atoms with Gasteiger partial charge in [-0.15, -0.1) is 0 Å². The van der Waals surface area contributed by atoms with Crippen molar-refractivity contribution in [3.05, 3.63) is 23.8 Å². The Labute approximate surface area is 115 Å². The minimum atomic E-state index is -0.144. The predicted molar refractivity (Wildman–Crippen MR) is 76.4 cm³/mol. The van der Waals surface area contributed by atoms with E-state index in [1.807, 2.05) is 13.8 Å². The fraction of sp³-hybridized carbons (Fsp3) is 0.600. The summed E-state index contributed by atoms with van der Waals surface area (Å²) in [5.74, 6) is 0.625. The summed E-state index contributed by atoms with van der Waals surface area (Å²) in [6, 6.07) is 4.82. The van der Waals surface area contributed by atoms with Crippen molar-refractivity contribution in [3.63, 3.8) is 0 Å². The zero-order chi connectivity index (χ0) is 14.4. The van der Waals surface area contributed by atoms with E-state index >= 15 is 0 Å². The summed E-state index contributed by atoms with van der Waals surface area (Å²) in [7, 11) is 0. The summed E-state index contributed by atoms with van der Waals surface area (Å²) in [5.41, 5.74) is 0.532. The van der Waals surface area contributed by atoms with Crippen LogP contribution in [0.1, 0.15) is 39.3 Å². The maximum Gasteiger partial charge on any atom is 0.124 e. The molecule has 0 radical (unpaired) electrons. The lowest BCUT2D eigenvalue weighted by Gasteiger charge is -2.27. The highest BCUT2D eigenvalue weighted by atomic mass is 16.5. The molecule has 1 aromatic rings. The van der Waals surface area contributed by atoms with E-state index in [0.29, 0.717) is 24.7 Å². The minimum Gasteiger partial charge on any atom is -0.507 e. The average molecular weight is 267 g/mol. The molecule has 1 aromatic carbocycles. The molecule has 108 valence electrons. The lowest BCUT2D eigenvalue weighted by Crippen LogP contribution is -2.39. The third-order valence-electron chi connectivity index (χ3n) is 3.26. The van der Waals surface area contributed by atoms with Gasteiger partial charge in [0.1, 0.15) is 11.5 Å². The fourth-order valence-electron chi connectivity index (χ4n) is 2.07. The molecule has 0 saturated carbocycles. The topological polar surface area (TPSA) is 61.7 Å². The van der Waals surface area contributed by atoms with Crippen molar-refractivity contribution in [2.24, 2.45) is 5.92 Å². The van der Waals surface area contributed by atoms with E-state index in [1.54, 1.807) is 18.2 Å². The summed E-state index contributed by atoms with van der Waals surface area (Å²) in [4.78, 5) is 0. The SMILES string of the molecule is CCOCC(NC(C)c1c(O)cccc1O)C(C)C. The lowest BCUT2D eigenvalue weighted by atomic mass is 10.0. The molecule has 0 amide bonds. The number of aromatic hydroxyl groups is 2. The van der Waals surface area contributed by atoms with Crippen LogP contribution in [0.3, 0.4) is 0 Å². The number of phenols is 2. The molecule has 3 N–H and O–H groups in total. The molecule has 0 aliphatic heterocycles. The van der Waals surface area contributed by atoms with Gasteiger partial charge in [-0.3, -0.25) is 0 Å². The van der Waals surface area contributed by atoms with Crippen LogP contribution in [0.5, 0.6) is 11.5 Å². The maximum absolute atomic E-state index is 9.86. The number of benzene rings is 1. The maximum atomic E-state index is 9.86. The molecule has 0 bridgehead atoms. The molecule has 0 spiro atoms. The number of ether oxygens (including phenoxy) is 1. The second kappa shape index (κ2) is 7.36. The molecule has 0 fully saturated rings. The molecule has 0 saturated heterocycles. The summed E-state index contributed by atoms with van der Waals surface area (Å²) in [6.45, 7) is 9.43. The number of hydrogen-bond acceptors (Lipinski definition) is 4. The van der Waals surface area contributed by atoms with Gasteiger partial charge >= 0.3 is 0 Å². The smallest absolute Gasteiger partial charge is 0.124 e. The normalized spacial score (nSPS) is 14.6. The van der Waals surface area contributed by atoms with E-state index < -0.39 is 0 Å². The van der Waals surface area contributed by atoms with E-state index in [-0.39, 0.29) is 23.6 Å². The molecular formula is C15H25NO3. The number of phenolic OH excluding ortho intramolecular Hbond substituents is 2. The molecule has 0 heterocycles. The summed E-state index contributed by atoms with van der Waals surface area (Å²) in [6.07, 6.45) is 0. The summed E-state index contributed by atoms with van der Waals surface area (Å²) < 4.78 is 5.47. The molecule has 4 nitrogen and oxygen atoms in total. The van der Waals surface area contributed by atoms with Crippen molar-refractivity contribution >= 4 is 0 Å². The Bertz CT molecular complexity index is 373. The van der Waals surface area contributed by atoms with Crippen LogP contribution >= 0.6 is 0 Å². The Morgan fingerprint density at radius 3 is 2.21 bits per heavy atom. The fourth-order valence-corrected chi connectivity index (χ4v) is 2.07. The Kier molecular flexibility index (Phi) is 6.12. The van der Waals surface area contributed by atoms with Crippen molar-refractivity contribution in [1.82, 2.24) is 5.32 Å². The minimum absolute atomic E-state index is 0.110. The molecular weight excluding hydrogens is 242 g/mol. The molecule has 19 heavy (non-hydrogen) atoms. The van der Waals surface area contributed by atoms with Crippen LogP contribution in [0, 0.1) is 5.92 Å². The molecule has 2 atom stereocenters. The quantitative estimate of drug-likeness (QED) is 0.711. The van der Waals surface area contributed by atoms with Crippen LogP contribution in [-0.4, -0.2) is 29.5 Å². The van der Waals surface area contributed by atoms with Crippen molar-refractivity contribution in [1.29, 1.82) is 0 Å². The van der Waals surface area contributed by atoms with Gasteiger partial charge in [0, 0.05) is 18.7 Å². The molecule has 0 aliphatic rings. The third kappa shape index (κ3) is 4.40. The van der Waals surface area contributed by atoms with Gasteiger partial charge in [0.05, 0.1) is 12.2 Å². The predicted octanol–water partition coefficient (Wildman–Crippen LogP) is 2.81. The Hall–Kier alpha value is -1.26. The second-order valence-electron chi connectivity index (χ2n) is 5.11. The first-order chi connectivity index (χ1) is 8.97. The molecule has 2 unspecified atom stereocenters. The molecule has 4 heteroatoms. The molecule has 0 aromatic heterocycles. The van der Waals surface area contributed by atoms with Gasteiger partial charge in [-0.1, -0.05) is 19.9 Å². The van der Waals surface area contributed by atoms with Crippen molar-refractivity contribution in [2.75, 3.05) is 13.2 Å². The lowest BCUT2D eigenvalue weighted by molar-refractivity contribution is 0.104. The number of nitrogens with one attached hydrogen (secondary N) is 1. The van der Waals surface area contributed by atoms with Crippen LogP contribution in [-0.2, 0) is 4.74 Å². The number of rotatable bonds is 7. The highest BCUT2D eigenvalue weighted by Gasteiger charge is 2.20. The van der Waals surface area contributed by atoms with E-state index in [2.05, 4.69) is 19.2 Å². The van der Waals surface area contributed by atoms with E-state index in [1.165, 1.54) is 0 Å². The Morgan fingerprint density at radius 1 is 1.16 bits per heavy atom. The van der Waals surface area contributed by atoms with Gasteiger partial charge in [-0.05, 0) is 31.9 Å². The van der Waals surface area contributed by atoms with Crippen LogP contribution in [0.15, 0.2) is 18.2 Å². The zero-order valence-electron chi connectivity index (χ0n) is 12.2. The monoisotopic (exact) mass is 267 g/mol. The van der Waals surface area contributed by atoms with Crippen molar-refractivity contribution in [3.8, 4) is 11.5 Å². The van der Waals surface area contributed by atoms with Gasteiger partial charge in [0.25, 0.3) is 0 Å². The summed E-state index contributed by atoms with van der Waals surface area (Å²) >= 11 is 0. The van der Waals surface area contributed by atoms with Gasteiger partial charge in [-0.2, -0.15) is 0 Å².